The van der Waals surface area contributed by atoms with Crippen molar-refractivity contribution in [3.05, 3.63) is 89.7 Å². The van der Waals surface area contributed by atoms with Gasteiger partial charge in [0.25, 0.3) is 5.91 Å². The van der Waals surface area contributed by atoms with Gasteiger partial charge in [-0.25, -0.2) is 0 Å². The zero-order chi connectivity index (χ0) is 18.4. The summed E-state index contributed by atoms with van der Waals surface area (Å²) in [5, 5.41) is 6.38. The normalized spacial score (nSPS) is 11.6. The number of hydrogen-bond acceptors (Lipinski definition) is 3. The van der Waals surface area contributed by atoms with Gasteiger partial charge in [-0.05, 0) is 42.7 Å². The van der Waals surface area contributed by atoms with Gasteiger partial charge in [-0.15, -0.1) is 0 Å². The molecular weight excluding hydrogens is 322 g/mol. The van der Waals surface area contributed by atoms with Gasteiger partial charge in [0, 0.05) is 23.6 Å². The van der Waals surface area contributed by atoms with Crippen LogP contribution in [0.1, 0.15) is 41.5 Å². The lowest BCUT2D eigenvalue weighted by Gasteiger charge is -2.16. The molecule has 3 rings (SSSR count). The van der Waals surface area contributed by atoms with Gasteiger partial charge in [-0.1, -0.05) is 55.5 Å². The standard InChI is InChI=1S/C22H23N3O/c1-3-17-9-7-8-12-20(17)25-22(26)21-15-19(13-14-23-21)24-16(2)18-10-5-4-6-11-18/h4-16H,3H2,1-2H3,(H,23,24)(H,25,26). The van der Waals surface area contributed by atoms with Crippen molar-refractivity contribution in [1.29, 1.82) is 0 Å². The molecule has 2 N–H and O–H groups in total. The van der Waals surface area contributed by atoms with Crippen LogP contribution in [0.4, 0.5) is 11.4 Å². The summed E-state index contributed by atoms with van der Waals surface area (Å²) in [6.07, 6.45) is 2.51. The van der Waals surface area contributed by atoms with Gasteiger partial charge in [0.15, 0.2) is 0 Å². The molecule has 26 heavy (non-hydrogen) atoms. The molecule has 1 amide bonds. The van der Waals surface area contributed by atoms with Crippen molar-refractivity contribution < 1.29 is 4.79 Å². The van der Waals surface area contributed by atoms with Crippen LogP contribution in [0.2, 0.25) is 0 Å². The lowest BCUT2D eigenvalue weighted by atomic mass is 10.1. The fourth-order valence-corrected chi connectivity index (χ4v) is 2.86. The number of anilines is 2. The Labute approximate surface area is 154 Å². The van der Waals surface area contributed by atoms with Crippen LogP contribution in [-0.2, 0) is 6.42 Å². The first kappa shape index (κ1) is 17.7. The molecule has 1 aromatic heterocycles. The van der Waals surface area contributed by atoms with E-state index in [2.05, 4.69) is 41.6 Å². The minimum atomic E-state index is -0.207. The van der Waals surface area contributed by atoms with E-state index in [0.717, 1.165) is 23.4 Å². The first-order valence-corrected chi connectivity index (χ1v) is 8.84. The summed E-state index contributed by atoms with van der Waals surface area (Å²) >= 11 is 0. The zero-order valence-electron chi connectivity index (χ0n) is 15.1. The number of nitrogens with one attached hydrogen (secondary N) is 2. The fourth-order valence-electron chi connectivity index (χ4n) is 2.86. The van der Waals surface area contributed by atoms with E-state index in [1.54, 1.807) is 12.3 Å². The Morgan fingerprint density at radius 2 is 1.77 bits per heavy atom. The summed E-state index contributed by atoms with van der Waals surface area (Å²) in [7, 11) is 0. The number of benzene rings is 2. The number of aryl methyl sites for hydroxylation is 1. The molecular formula is C22H23N3O. The van der Waals surface area contributed by atoms with Crippen LogP contribution in [0, 0.1) is 0 Å². The summed E-state index contributed by atoms with van der Waals surface area (Å²) in [5.41, 5.74) is 4.38. The van der Waals surface area contributed by atoms with Crippen LogP contribution >= 0.6 is 0 Å². The van der Waals surface area contributed by atoms with Gasteiger partial charge in [-0.3, -0.25) is 9.78 Å². The topological polar surface area (TPSA) is 54.0 Å². The number of rotatable bonds is 6. The number of carbonyl (C=O) groups excluding carboxylic acids is 1. The van der Waals surface area contributed by atoms with Crippen LogP contribution in [-0.4, -0.2) is 10.9 Å². The van der Waals surface area contributed by atoms with Crippen LogP contribution in [0.3, 0.4) is 0 Å². The molecule has 0 fully saturated rings. The van der Waals surface area contributed by atoms with E-state index in [9.17, 15) is 4.79 Å². The number of para-hydroxylation sites is 1. The van der Waals surface area contributed by atoms with E-state index in [4.69, 9.17) is 0 Å². The van der Waals surface area contributed by atoms with Crippen molar-refractivity contribution in [3.8, 4) is 0 Å². The second kappa shape index (κ2) is 8.30. The summed E-state index contributed by atoms with van der Waals surface area (Å²) in [5.74, 6) is -0.207. The zero-order valence-corrected chi connectivity index (χ0v) is 15.1. The molecule has 4 nitrogen and oxygen atoms in total. The lowest BCUT2D eigenvalue weighted by molar-refractivity contribution is 0.102. The van der Waals surface area contributed by atoms with Crippen LogP contribution in [0.5, 0.6) is 0 Å². The number of hydrogen-bond donors (Lipinski definition) is 2. The number of amides is 1. The Morgan fingerprint density at radius 1 is 1.04 bits per heavy atom. The summed E-state index contributed by atoms with van der Waals surface area (Å²) in [6, 6.07) is 21.8. The number of aromatic nitrogens is 1. The largest absolute Gasteiger partial charge is 0.378 e. The maximum absolute atomic E-state index is 12.6. The Kier molecular flexibility index (Phi) is 5.64. The van der Waals surface area contributed by atoms with Gasteiger partial charge in [0.2, 0.25) is 0 Å². The van der Waals surface area contributed by atoms with Crippen LogP contribution in [0.15, 0.2) is 72.9 Å². The predicted molar refractivity (Wildman–Crippen MR) is 106 cm³/mol. The molecule has 1 atom stereocenters. The molecule has 0 saturated heterocycles. The third-order valence-electron chi connectivity index (χ3n) is 4.32. The minimum absolute atomic E-state index is 0.135. The van der Waals surface area contributed by atoms with Crippen LogP contribution in [0.25, 0.3) is 0 Å². The van der Waals surface area contributed by atoms with Crippen molar-refractivity contribution in [1.82, 2.24) is 4.98 Å². The minimum Gasteiger partial charge on any atom is -0.378 e. The summed E-state index contributed by atoms with van der Waals surface area (Å²) in [6.45, 7) is 4.16. The predicted octanol–water partition coefficient (Wildman–Crippen LogP) is 5.07. The van der Waals surface area contributed by atoms with Gasteiger partial charge >= 0.3 is 0 Å². The molecule has 0 aliphatic carbocycles. The molecule has 3 aromatic rings. The van der Waals surface area contributed by atoms with E-state index in [1.165, 1.54) is 5.56 Å². The molecule has 1 heterocycles. The molecule has 0 aliphatic rings. The summed E-state index contributed by atoms with van der Waals surface area (Å²) < 4.78 is 0. The first-order valence-electron chi connectivity index (χ1n) is 8.84. The van der Waals surface area contributed by atoms with E-state index in [0.29, 0.717) is 5.69 Å². The average molecular weight is 345 g/mol. The smallest absolute Gasteiger partial charge is 0.274 e. The highest BCUT2D eigenvalue weighted by Crippen LogP contribution is 2.20. The maximum atomic E-state index is 12.6. The molecule has 0 radical (unpaired) electrons. The van der Waals surface area contributed by atoms with Crippen LogP contribution < -0.4 is 10.6 Å². The third kappa shape index (κ3) is 4.28. The maximum Gasteiger partial charge on any atom is 0.274 e. The molecule has 0 saturated carbocycles. The van der Waals surface area contributed by atoms with Gasteiger partial charge in [-0.2, -0.15) is 0 Å². The quantitative estimate of drug-likeness (QED) is 0.656. The number of pyridine rings is 1. The van der Waals surface area contributed by atoms with Crippen molar-refractivity contribution in [2.24, 2.45) is 0 Å². The van der Waals surface area contributed by atoms with E-state index < -0.39 is 0 Å². The first-order chi connectivity index (χ1) is 12.7. The lowest BCUT2D eigenvalue weighted by Crippen LogP contribution is -2.15. The highest BCUT2D eigenvalue weighted by atomic mass is 16.1. The van der Waals surface area contributed by atoms with Crippen molar-refractivity contribution in [3.63, 3.8) is 0 Å². The van der Waals surface area contributed by atoms with E-state index in [1.807, 2.05) is 48.5 Å². The highest BCUT2D eigenvalue weighted by molar-refractivity contribution is 6.03. The number of nitrogens with zero attached hydrogens (tertiary/aromatic N) is 1. The number of carbonyl (C=O) groups is 1. The molecule has 0 aliphatic heterocycles. The molecule has 0 spiro atoms. The third-order valence-corrected chi connectivity index (χ3v) is 4.32. The van der Waals surface area contributed by atoms with Gasteiger partial charge in [0.1, 0.15) is 5.69 Å². The Morgan fingerprint density at radius 3 is 2.54 bits per heavy atom. The van der Waals surface area contributed by atoms with Crippen molar-refractivity contribution in [2.45, 2.75) is 26.3 Å². The SMILES string of the molecule is CCc1ccccc1NC(=O)c1cc(NC(C)c2ccccc2)ccn1. The monoisotopic (exact) mass is 345 g/mol. The molecule has 1 unspecified atom stereocenters. The van der Waals surface area contributed by atoms with Gasteiger partial charge < -0.3 is 10.6 Å². The fraction of sp³-hybridized carbons (Fsp3) is 0.182. The van der Waals surface area contributed by atoms with E-state index >= 15 is 0 Å². The van der Waals surface area contributed by atoms with Gasteiger partial charge in [0.05, 0.1) is 0 Å². The molecule has 2 aromatic carbocycles. The Balaban J connectivity index is 1.73. The Bertz CT molecular complexity index is 877. The van der Waals surface area contributed by atoms with Crippen molar-refractivity contribution >= 4 is 17.3 Å². The summed E-state index contributed by atoms with van der Waals surface area (Å²) in [4.78, 5) is 16.8. The Hall–Kier alpha value is -3.14. The molecule has 0 bridgehead atoms. The molecule has 4 heteroatoms. The molecule has 132 valence electrons. The second-order valence-corrected chi connectivity index (χ2v) is 6.17. The van der Waals surface area contributed by atoms with E-state index in [-0.39, 0.29) is 11.9 Å². The average Bonchev–Trinajstić information content (AvgIpc) is 2.69. The van der Waals surface area contributed by atoms with Crippen molar-refractivity contribution in [2.75, 3.05) is 10.6 Å². The second-order valence-electron chi connectivity index (χ2n) is 6.17. The highest BCUT2D eigenvalue weighted by Gasteiger charge is 2.11.